The molecule has 0 aliphatic carbocycles. The first-order valence-corrected chi connectivity index (χ1v) is 10.9. The van der Waals surface area contributed by atoms with Crippen molar-refractivity contribution in [1.29, 1.82) is 0 Å². The summed E-state index contributed by atoms with van der Waals surface area (Å²) in [7, 11) is 0. The molecule has 3 rings (SSSR count). The fraction of sp³-hybridized carbons (Fsp3) is 0.286. The van der Waals surface area contributed by atoms with Crippen LogP contribution >= 0.6 is 0 Å². The summed E-state index contributed by atoms with van der Waals surface area (Å²) in [4.78, 5) is 4.54. The van der Waals surface area contributed by atoms with E-state index in [1.165, 1.54) is 12.8 Å². The topological polar surface area (TPSA) is 21.6 Å². The van der Waals surface area contributed by atoms with Crippen LogP contribution in [0.15, 0.2) is 89.9 Å². The Morgan fingerprint density at radius 3 is 2.00 bits per heavy atom. The van der Waals surface area contributed by atoms with Crippen molar-refractivity contribution in [1.82, 2.24) is 0 Å². The number of para-hydroxylation sites is 1. The minimum atomic E-state index is 0.572. The molecule has 2 nitrogen and oxygen atoms in total. The summed E-state index contributed by atoms with van der Waals surface area (Å²) < 4.78 is 5.94. The maximum atomic E-state index is 5.94. The summed E-state index contributed by atoms with van der Waals surface area (Å²) in [5.74, 6) is 4.73. The molecule has 30 heavy (non-hydrogen) atoms. The van der Waals surface area contributed by atoms with Crippen LogP contribution in [0.3, 0.4) is 0 Å². The van der Waals surface area contributed by atoms with Gasteiger partial charge >= 0.3 is 0 Å². The molecular formula is C28H33NO. The molecule has 0 saturated carbocycles. The monoisotopic (exact) mass is 399 g/mol. The van der Waals surface area contributed by atoms with Crippen LogP contribution in [0.25, 0.3) is 5.57 Å². The molecule has 0 fully saturated rings. The lowest BCUT2D eigenvalue weighted by Gasteiger charge is -2.12. The van der Waals surface area contributed by atoms with Crippen molar-refractivity contribution in [3.63, 3.8) is 0 Å². The van der Waals surface area contributed by atoms with E-state index in [1.54, 1.807) is 0 Å². The van der Waals surface area contributed by atoms with Crippen LogP contribution in [0, 0.1) is 5.92 Å². The molecule has 0 aromatic heterocycles. The zero-order valence-corrected chi connectivity index (χ0v) is 18.6. The summed E-state index contributed by atoms with van der Waals surface area (Å²) in [5, 5.41) is 0. The molecule has 0 aliphatic heterocycles. The van der Waals surface area contributed by atoms with Crippen LogP contribution in [0.5, 0.6) is 5.75 Å². The third-order valence-corrected chi connectivity index (χ3v) is 4.57. The van der Waals surface area contributed by atoms with E-state index in [9.17, 15) is 0 Å². The Balaban J connectivity index is 0.00000155. The van der Waals surface area contributed by atoms with Crippen molar-refractivity contribution in [2.75, 3.05) is 6.61 Å². The SMILES string of the molecule is CC.CCCC(C)COc1ccc(C(=C=Nc2ccccc2)c2ccccc2)cc1. The quantitative estimate of drug-likeness (QED) is 0.352. The Morgan fingerprint density at radius 1 is 0.833 bits per heavy atom. The van der Waals surface area contributed by atoms with Crippen LogP contribution < -0.4 is 4.74 Å². The molecule has 0 amide bonds. The predicted molar refractivity (Wildman–Crippen MR) is 130 cm³/mol. The Labute approximate surface area is 182 Å². The van der Waals surface area contributed by atoms with E-state index >= 15 is 0 Å². The Bertz CT molecular complexity index is 908. The van der Waals surface area contributed by atoms with Crippen LogP contribution in [0.4, 0.5) is 5.69 Å². The average molecular weight is 400 g/mol. The average Bonchev–Trinajstić information content (AvgIpc) is 2.81. The first-order valence-electron chi connectivity index (χ1n) is 10.9. The highest BCUT2D eigenvalue weighted by Crippen LogP contribution is 2.24. The summed E-state index contributed by atoms with van der Waals surface area (Å²) >= 11 is 0. The third-order valence-electron chi connectivity index (χ3n) is 4.57. The predicted octanol–water partition coefficient (Wildman–Crippen LogP) is 7.96. The highest BCUT2D eigenvalue weighted by Gasteiger charge is 2.06. The second kappa shape index (κ2) is 13.2. The standard InChI is InChI=1S/C26H27NO.C2H6/c1-3-10-21(2)20-28-25-17-15-23(16-18-25)26(22-11-6-4-7-12-22)19-27-24-13-8-5-9-14-24;1-2/h4-9,11-18,21H,3,10,20H2,1-2H3;1-2H3. The van der Waals surface area contributed by atoms with Gasteiger partial charge in [-0.2, -0.15) is 0 Å². The number of hydrogen-bond donors (Lipinski definition) is 0. The Kier molecular flexibility index (Phi) is 10.2. The number of aliphatic imine (C=N–C) groups is 1. The second-order valence-electron chi connectivity index (χ2n) is 7.03. The Morgan fingerprint density at radius 2 is 1.40 bits per heavy atom. The van der Waals surface area contributed by atoms with E-state index in [1.807, 2.05) is 74.5 Å². The van der Waals surface area contributed by atoms with Crippen molar-refractivity contribution in [2.45, 2.75) is 40.5 Å². The van der Waals surface area contributed by atoms with E-state index in [2.05, 4.69) is 49.0 Å². The molecule has 1 unspecified atom stereocenters. The molecule has 0 aliphatic rings. The summed E-state index contributed by atoms with van der Waals surface area (Å²) in [5.41, 5.74) is 4.02. The summed E-state index contributed by atoms with van der Waals surface area (Å²) in [6.07, 6.45) is 2.38. The fourth-order valence-corrected chi connectivity index (χ4v) is 3.06. The molecule has 0 radical (unpaired) electrons. The van der Waals surface area contributed by atoms with Crippen LogP contribution in [0.1, 0.15) is 51.7 Å². The number of hydrogen-bond acceptors (Lipinski definition) is 2. The molecule has 0 bridgehead atoms. The lowest BCUT2D eigenvalue weighted by Crippen LogP contribution is -2.08. The highest BCUT2D eigenvalue weighted by atomic mass is 16.5. The number of nitrogens with zero attached hydrogens (tertiary/aromatic N) is 1. The lowest BCUT2D eigenvalue weighted by atomic mass is 9.99. The normalized spacial score (nSPS) is 10.8. The van der Waals surface area contributed by atoms with Crippen LogP contribution in [-0.4, -0.2) is 12.5 Å². The smallest absolute Gasteiger partial charge is 0.119 e. The van der Waals surface area contributed by atoms with Gasteiger partial charge in [0.25, 0.3) is 0 Å². The molecular weight excluding hydrogens is 366 g/mol. The van der Waals surface area contributed by atoms with Gasteiger partial charge < -0.3 is 4.74 Å². The van der Waals surface area contributed by atoms with E-state index in [0.29, 0.717) is 5.92 Å². The van der Waals surface area contributed by atoms with Gasteiger partial charge in [-0.15, -0.1) is 0 Å². The number of rotatable bonds is 8. The second-order valence-corrected chi connectivity index (χ2v) is 7.03. The molecule has 1 atom stereocenters. The maximum Gasteiger partial charge on any atom is 0.119 e. The van der Waals surface area contributed by atoms with Crippen molar-refractivity contribution < 1.29 is 4.74 Å². The van der Waals surface area contributed by atoms with Gasteiger partial charge in [0.1, 0.15) is 5.75 Å². The van der Waals surface area contributed by atoms with Gasteiger partial charge in [0.05, 0.1) is 17.9 Å². The van der Waals surface area contributed by atoms with Gasteiger partial charge in [-0.3, -0.25) is 0 Å². The Hall–Kier alpha value is -3.09. The van der Waals surface area contributed by atoms with E-state index in [0.717, 1.165) is 34.7 Å². The van der Waals surface area contributed by atoms with Gasteiger partial charge in [0.15, 0.2) is 0 Å². The number of benzene rings is 3. The van der Waals surface area contributed by atoms with Gasteiger partial charge in [-0.1, -0.05) is 82.6 Å². The number of ether oxygens (including phenoxy) is 1. The van der Waals surface area contributed by atoms with Crippen molar-refractivity contribution >= 4 is 17.1 Å². The minimum absolute atomic E-state index is 0.572. The fourth-order valence-electron chi connectivity index (χ4n) is 3.06. The van der Waals surface area contributed by atoms with Crippen LogP contribution in [-0.2, 0) is 0 Å². The summed E-state index contributed by atoms with van der Waals surface area (Å²) in [6.45, 7) is 9.19. The van der Waals surface area contributed by atoms with E-state index in [4.69, 9.17) is 4.74 Å². The maximum absolute atomic E-state index is 5.94. The third kappa shape index (κ3) is 7.39. The molecule has 0 saturated heterocycles. The van der Waals surface area contributed by atoms with E-state index < -0.39 is 0 Å². The van der Waals surface area contributed by atoms with Gasteiger partial charge in [0, 0.05) is 0 Å². The van der Waals surface area contributed by atoms with E-state index in [-0.39, 0.29) is 0 Å². The first kappa shape index (κ1) is 23.2. The molecule has 3 aromatic carbocycles. The van der Waals surface area contributed by atoms with Gasteiger partial charge in [0.2, 0.25) is 0 Å². The molecule has 0 spiro atoms. The zero-order valence-electron chi connectivity index (χ0n) is 18.6. The molecule has 0 heterocycles. The zero-order chi connectivity index (χ0) is 21.6. The lowest BCUT2D eigenvalue weighted by molar-refractivity contribution is 0.251. The van der Waals surface area contributed by atoms with Crippen molar-refractivity contribution in [3.05, 3.63) is 96.1 Å². The van der Waals surface area contributed by atoms with Crippen molar-refractivity contribution in [2.24, 2.45) is 10.9 Å². The van der Waals surface area contributed by atoms with Crippen LogP contribution in [0.2, 0.25) is 0 Å². The van der Waals surface area contributed by atoms with Gasteiger partial charge in [-0.05, 0) is 65.7 Å². The molecule has 3 aromatic rings. The first-order chi connectivity index (χ1) is 14.8. The molecule has 156 valence electrons. The molecule has 2 heteroatoms. The van der Waals surface area contributed by atoms with Crippen molar-refractivity contribution in [3.8, 4) is 5.75 Å². The highest BCUT2D eigenvalue weighted by molar-refractivity contribution is 5.99. The summed E-state index contributed by atoms with van der Waals surface area (Å²) in [6, 6.07) is 28.4. The largest absolute Gasteiger partial charge is 0.493 e. The molecule has 0 N–H and O–H groups in total. The minimum Gasteiger partial charge on any atom is -0.493 e. The van der Waals surface area contributed by atoms with Gasteiger partial charge in [-0.25, -0.2) is 4.99 Å².